The average Bonchev–Trinajstić information content (AvgIpc) is 2.48. The zero-order valence-electron chi connectivity index (χ0n) is 13.0. The quantitative estimate of drug-likeness (QED) is 0.589. The number of hydrogen-bond acceptors (Lipinski definition) is 4. The van der Waals surface area contributed by atoms with Gasteiger partial charge in [0.25, 0.3) is 0 Å². The Morgan fingerprint density at radius 1 is 1.19 bits per heavy atom. The first-order chi connectivity index (χ1) is 10.2. The summed E-state index contributed by atoms with van der Waals surface area (Å²) in [6.45, 7) is 6.38. The molecule has 0 aliphatic heterocycles. The first-order valence-corrected chi connectivity index (χ1v) is 7.09. The zero-order chi connectivity index (χ0) is 15.5. The second kappa shape index (κ2) is 10.2. The van der Waals surface area contributed by atoms with Crippen molar-refractivity contribution in [1.82, 2.24) is 0 Å². The van der Waals surface area contributed by atoms with E-state index in [1.54, 1.807) is 7.11 Å². The number of aliphatic hydroxyl groups excluding tert-OH is 1. The molecule has 0 fully saturated rings. The number of benzene rings is 1. The Morgan fingerprint density at radius 2 is 1.95 bits per heavy atom. The van der Waals surface area contributed by atoms with Gasteiger partial charge in [-0.25, -0.2) is 0 Å². The SMILES string of the molecule is COc1ccc(C#CCO)c(COCCOCC(C)C)c1. The maximum Gasteiger partial charge on any atom is 0.119 e. The lowest BCUT2D eigenvalue weighted by Crippen LogP contribution is -2.08. The smallest absolute Gasteiger partial charge is 0.119 e. The van der Waals surface area contributed by atoms with Crippen molar-refractivity contribution >= 4 is 0 Å². The minimum atomic E-state index is -0.157. The Kier molecular flexibility index (Phi) is 8.53. The molecule has 4 heteroatoms. The van der Waals surface area contributed by atoms with Gasteiger partial charge in [0, 0.05) is 12.2 Å². The third kappa shape index (κ3) is 7.14. The molecule has 1 aromatic carbocycles. The lowest BCUT2D eigenvalue weighted by atomic mass is 10.1. The number of rotatable bonds is 8. The normalized spacial score (nSPS) is 10.3. The summed E-state index contributed by atoms with van der Waals surface area (Å²) in [4.78, 5) is 0. The fraction of sp³-hybridized carbons (Fsp3) is 0.529. The molecule has 0 radical (unpaired) electrons. The van der Waals surface area contributed by atoms with Crippen LogP contribution in [0.4, 0.5) is 0 Å². The molecule has 0 atom stereocenters. The molecule has 1 aromatic rings. The fourth-order valence-corrected chi connectivity index (χ4v) is 1.69. The van der Waals surface area contributed by atoms with Crippen molar-refractivity contribution in [2.24, 2.45) is 5.92 Å². The van der Waals surface area contributed by atoms with E-state index in [1.165, 1.54) is 0 Å². The van der Waals surface area contributed by atoms with Crippen molar-refractivity contribution in [3.63, 3.8) is 0 Å². The summed E-state index contributed by atoms with van der Waals surface area (Å²) in [6, 6.07) is 5.61. The maximum absolute atomic E-state index is 8.79. The van der Waals surface area contributed by atoms with E-state index in [0.29, 0.717) is 25.7 Å². The van der Waals surface area contributed by atoms with Gasteiger partial charge >= 0.3 is 0 Å². The van der Waals surface area contributed by atoms with Gasteiger partial charge in [-0.1, -0.05) is 25.7 Å². The van der Waals surface area contributed by atoms with Gasteiger partial charge in [-0.05, 0) is 29.7 Å². The molecule has 0 aliphatic rings. The van der Waals surface area contributed by atoms with Gasteiger partial charge < -0.3 is 19.3 Å². The molecule has 1 rings (SSSR count). The van der Waals surface area contributed by atoms with Crippen molar-refractivity contribution < 1.29 is 19.3 Å². The second-order valence-electron chi connectivity index (χ2n) is 5.00. The van der Waals surface area contributed by atoms with Gasteiger partial charge in [0.1, 0.15) is 12.4 Å². The first kappa shape index (κ1) is 17.5. The summed E-state index contributed by atoms with van der Waals surface area (Å²) in [7, 11) is 1.62. The van der Waals surface area contributed by atoms with Crippen LogP contribution in [0.25, 0.3) is 0 Å². The minimum absolute atomic E-state index is 0.157. The molecule has 0 heterocycles. The van der Waals surface area contributed by atoms with Crippen molar-refractivity contribution in [2.75, 3.05) is 33.5 Å². The summed E-state index contributed by atoms with van der Waals surface area (Å²) in [6.07, 6.45) is 0. The summed E-state index contributed by atoms with van der Waals surface area (Å²) < 4.78 is 16.3. The molecule has 0 unspecified atom stereocenters. The van der Waals surface area contributed by atoms with Gasteiger partial charge in [0.05, 0.1) is 26.9 Å². The van der Waals surface area contributed by atoms with Gasteiger partial charge in [-0.15, -0.1) is 0 Å². The Labute approximate surface area is 127 Å². The van der Waals surface area contributed by atoms with E-state index >= 15 is 0 Å². The molecule has 21 heavy (non-hydrogen) atoms. The van der Waals surface area contributed by atoms with Crippen molar-refractivity contribution in [1.29, 1.82) is 0 Å². The highest BCUT2D eigenvalue weighted by atomic mass is 16.5. The number of ether oxygens (including phenoxy) is 3. The highest BCUT2D eigenvalue weighted by molar-refractivity contribution is 5.45. The Bertz CT molecular complexity index is 471. The predicted molar refractivity (Wildman–Crippen MR) is 82.3 cm³/mol. The predicted octanol–water partition coefficient (Wildman–Crippen LogP) is 2.23. The van der Waals surface area contributed by atoms with Crippen molar-refractivity contribution in [3.05, 3.63) is 29.3 Å². The molecule has 0 saturated heterocycles. The number of methoxy groups -OCH3 is 1. The van der Waals surface area contributed by atoms with Crippen LogP contribution in [-0.2, 0) is 16.1 Å². The summed E-state index contributed by atoms with van der Waals surface area (Å²) in [5, 5.41) is 8.79. The lowest BCUT2D eigenvalue weighted by molar-refractivity contribution is 0.0313. The van der Waals surface area contributed by atoms with Crippen LogP contribution in [0, 0.1) is 17.8 Å². The highest BCUT2D eigenvalue weighted by Crippen LogP contribution is 2.18. The molecule has 4 nitrogen and oxygen atoms in total. The third-order valence-electron chi connectivity index (χ3n) is 2.70. The molecule has 0 amide bonds. The van der Waals surface area contributed by atoms with E-state index in [4.69, 9.17) is 19.3 Å². The second-order valence-corrected chi connectivity index (χ2v) is 5.00. The van der Waals surface area contributed by atoms with Crippen molar-refractivity contribution in [3.8, 4) is 17.6 Å². The van der Waals surface area contributed by atoms with Crippen LogP contribution in [0.3, 0.4) is 0 Å². The fourth-order valence-electron chi connectivity index (χ4n) is 1.69. The largest absolute Gasteiger partial charge is 0.497 e. The molecule has 116 valence electrons. The third-order valence-corrected chi connectivity index (χ3v) is 2.70. The molecular formula is C17H24O4. The topological polar surface area (TPSA) is 47.9 Å². The van der Waals surface area contributed by atoms with Crippen LogP contribution in [0.15, 0.2) is 18.2 Å². The molecule has 1 N–H and O–H groups in total. The molecule has 0 aliphatic carbocycles. The highest BCUT2D eigenvalue weighted by Gasteiger charge is 2.03. The van der Waals surface area contributed by atoms with Crippen LogP contribution in [-0.4, -0.2) is 38.6 Å². The number of hydrogen-bond donors (Lipinski definition) is 1. The lowest BCUT2D eigenvalue weighted by Gasteiger charge is -2.10. The van der Waals surface area contributed by atoms with Crippen LogP contribution in [0.5, 0.6) is 5.75 Å². The average molecular weight is 292 g/mol. The van der Waals surface area contributed by atoms with E-state index in [0.717, 1.165) is 23.5 Å². The monoisotopic (exact) mass is 292 g/mol. The maximum atomic E-state index is 8.79. The van der Waals surface area contributed by atoms with Crippen LogP contribution in [0.1, 0.15) is 25.0 Å². The number of aliphatic hydroxyl groups is 1. The molecule has 0 spiro atoms. The molecule has 0 saturated carbocycles. The van der Waals surface area contributed by atoms with Crippen molar-refractivity contribution in [2.45, 2.75) is 20.5 Å². The van der Waals surface area contributed by atoms with E-state index in [-0.39, 0.29) is 6.61 Å². The van der Waals surface area contributed by atoms with E-state index in [1.807, 2.05) is 18.2 Å². The van der Waals surface area contributed by atoms with Crippen LogP contribution >= 0.6 is 0 Å². The molecule has 0 bridgehead atoms. The molecule has 0 aromatic heterocycles. The van der Waals surface area contributed by atoms with Gasteiger partial charge in [0.15, 0.2) is 0 Å². The van der Waals surface area contributed by atoms with Crippen LogP contribution < -0.4 is 4.74 Å². The van der Waals surface area contributed by atoms with Gasteiger partial charge in [-0.3, -0.25) is 0 Å². The van der Waals surface area contributed by atoms with E-state index in [9.17, 15) is 0 Å². The van der Waals surface area contributed by atoms with E-state index < -0.39 is 0 Å². The Morgan fingerprint density at radius 3 is 2.62 bits per heavy atom. The van der Waals surface area contributed by atoms with Crippen LogP contribution in [0.2, 0.25) is 0 Å². The molecular weight excluding hydrogens is 268 g/mol. The Balaban J connectivity index is 2.51. The summed E-state index contributed by atoms with van der Waals surface area (Å²) >= 11 is 0. The van der Waals surface area contributed by atoms with Gasteiger partial charge in [0.2, 0.25) is 0 Å². The first-order valence-electron chi connectivity index (χ1n) is 7.09. The standard InChI is InChI=1S/C17H24O4/c1-14(2)12-20-9-10-21-13-16-11-17(19-3)7-6-15(16)5-4-8-18/h6-7,11,14,18H,8-10,12-13H2,1-3H3. The Hall–Kier alpha value is -1.54. The zero-order valence-corrected chi connectivity index (χ0v) is 13.0. The summed E-state index contributed by atoms with van der Waals surface area (Å²) in [5.74, 6) is 6.86. The minimum Gasteiger partial charge on any atom is -0.497 e. The summed E-state index contributed by atoms with van der Waals surface area (Å²) in [5.41, 5.74) is 1.78. The van der Waals surface area contributed by atoms with Gasteiger partial charge in [-0.2, -0.15) is 0 Å². The van der Waals surface area contributed by atoms with E-state index in [2.05, 4.69) is 25.7 Å².